The minimum atomic E-state index is 1.07. The third-order valence-electron chi connectivity index (χ3n) is 0.449. The highest BCUT2D eigenvalue weighted by Crippen LogP contribution is 2.19. The highest BCUT2D eigenvalue weighted by Gasteiger charge is 1.89. The van der Waals surface area contributed by atoms with Gasteiger partial charge in [0.25, 0.3) is 0 Å². The first kappa shape index (κ1) is 5.97. The normalized spacial score (nSPS) is 9.43. The molecule has 1 rings (SSSR count). The summed E-state index contributed by atoms with van der Waals surface area (Å²) in [5.74, 6) is 0. The van der Waals surface area contributed by atoms with Crippen LogP contribution in [-0.4, -0.2) is 4.98 Å². The Balaban J connectivity index is 3.04. The molecule has 0 amide bonds. The number of rotatable bonds is 0. The zero-order valence-electron chi connectivity index (χ0n) is 3.19. The Morgan fingerprint density at radius 1 is 1.86 bits per heavy atom. The molecule has 1 nitrogen and oxygen atoms in total. The van der Waals surface area contributed by atoms with Gasteiger partial charge in [0.05, 0.1) is 9.98 Å². The molecule has 38 valence electrons. The molecule has 0 radical (unpaired) electrons. The van der Waals surface area contributed by atoms with Crippen LogP contribution in [0.4, 0.5) is 0 Å². The van der Waals surface area contributed by atoms with Gasteiger partial charge in [-0.1, -0.05) is 0 Å². The van der Waals surface area contributed by atoms with Gasteiger partial charge in [-0.15, -0.1) is 11.3 Å². The van der Waals surface area contributed by atoms with E-state index in [-0.39, 0.29) is 0 Å². The van der Waals surface area contributed by atoms with E-state index in [1.54, 1.807) is 17.5 Å². The molecule has 0 spiro atoms. The van der Waals surface area contributed by atoms with Crippen molar-refractivity contribution in [2.75, 3.05) is 0 Å². The number of halogens is 2. The first-order chi connectivity index (χ1) is 3.29. The average Bonchev–Trinajstić information content (AvgIpc) is 1.87. The molecule has 0 aromatic carbocycles. The molecule has 0 atom stereocenters. The summed E-state index contributed by atoms with van der Waals surface area (Å²) in [4.78, 5) is 3.97. The molecule has 0 saturated heterocycles. The van der Waals surface area contributed by atoms with Crippen molar-refractivity contribution in [1.82, 2.24) is 4.98 Å². The monoisotopic (exact) mass is 289 g/mol. The van der Waals surface area contributed by atoms with Crippen LogP contribution in [0.5, 0.6) is 0 Å². The lowest BCUT2D eigenvalue weighted by Crippen LogP contribution is -1.54. The van der Waals surface area contributed by atoms with E-state index in [2.05, 4.69) is 43.5 Å². The number of thiazole rings is 1. The Hall–Kier alpha value is 0.840. The second-order valence-corrected chi connectivity index (χ2v) is 5.08. The molecular weight excluding hydrogens is 289 g/mol. The predicted octanol–water partition coefficient (Wildman–Crippen LogP) is 2.51. The maximum atomic E-state index is 3.97. The van der Waals surface area contributed by atoms with Crippen molar-refractivity contribution in [3.63, 3.8) is 0 Å². The van der Waals surface area contributed by atoms with Gasteiger partial charge in [-0.05, 0) is 38.5 Å². The third kappa shape index (κ3) is 1.65. The van der Waals surface area contributed by atoms with Crippen LogP contribution in [-0.2, 0) is 0 Å². The van der Waals surface area contributed by atoms with Crippen molar-refractivity contribution in [2.45, 2.75) is 0 Å². The van der Waals surface area contributed by atoms with E-state index in [1.807, 2.05) is 0 Å². The Bertz CT molecular complexity index is 147. The molecule has 0 aliphatic heterocycles. The van der Waals surface area contributed by atoms with E-state index in [0.717, 1.165) is 6.80 Å². The fraction of sp³-hybridized carbons (Fsp3) is 0. The van der Waals surface area contributed by atoms with Crippen LogP contribution < -0.4 is 0 Å². The van der Waals surface area contributed by atoms with Gasteiger partial charge in [-0.25, -0.2) is 4.98 Å². The molecule has 1 heterocycles. The summed E-state index contributed by atoms with van der Waals surface area (Å²) in [5, 5.41) is 0. The summed E-state index contributed by atoms with van der Waals surface area (Å²) in [5.41, 5.74) is 0. The number of nitrogens with zero attached hydrogens (tertiary/aromatic N) is 1. The Morgan fingerprint density at radius 3 is 2.71 bits per heavy atom. The summed E-state index contributed by atoms with van der Waals surface area (Å²) in [7, 11) is 0. The molecule has 1 aromatic heterocycles. The fourth-order valence-corrected chi connectivity index (χ4v) is 2.93. The summed E-state index contributed by atoms with van der Waals surface area (Å²) < 4.78 is 2.17. The van der Waals surface area contributed by atoms with E-state index in [1.165, 1.54) is 0 Å². The van der Waals surface area contributed by atoms with E-state index in [4.69, 9.17) is 0 Å². The maximum Gasteiger partial charge on any atom is 0.154 e. The van der Waals surface area contributed by atoms with Crippen molar-refractivity contribution >= 4 is 49.9 Å². The molecule has 0 aliphatic carbocycles. The van der Waals surface area contributed by atoms with E-state index in [0.29, 0.717) is 0 Å². The second kappa shape index (κ2) is 2.41. The van der Waals surface area contributed by atoms with Crippen LogP contribution in [0.1, 0.15) is 0 Å². The first-order valence-corrected chi connectivity index (χ1v) is 4.24. The molecular formula is C3HBrINS. The topological polar surface area (TPSA) is 12.9 Å². The lowest BCUT2D eigenvalue weighted by Gasteiger charge is -1.64. The van der Waals surface area contributed by atoms with Crippen LogP contribution in [0, 0.1) is 3.01 Å². The van der Waals surface area contributed by atoms with Crippen LogP contribution in [0.2, 0.25) is 0 Å². The van der Waals surface area contributed by atoms with Crippen molar-refractivity contribution in [3.8, 4) is 0 Å². The molecule has 0 fully saturated rings. The van der Waals surface area contributed by atoms with Crippen molar-refractivity contribution < 1.29 is 0 Å². The van der Waals surface area contributed by atoms with Crippen LogP contribution in [0.25, 0.3) is 0 Å². The van der Waals surface area contributed by atoms with Crippen LogP contribution in [0.3, 0.4) is 0 Å². The highest BCUT2D eigenvalue weighted by molar-refractivity contribution is 14.1. The quantitative estimate of drug-likeness (QED) is 0.669. The zero-order valence-corrected chi connectivity index (χ0v) is 7.75. The van der Waals surface area contributed by atoms with Crippen LogP contribution >= 0.6 is 49.9 Å². The fourth-order valence-electron chi connectivity index (χ4n) is 0.235. The summed E-state index contributed by atoms with van der Waals surface area (Å²) >= 11 is 7.10. The van der Waals surface area contributed by atoms with Gasteiger partial charge in [0.1, 0.15) is 0 Å². The number of aromatic nitrogens is 1. The Morgan fingerprint density at radius 2 is 2.57 bits per heavy atom. The summed E-state index contributed by atoms with van der Waals surface area (Å²) in [6.07, 6.45) is 1.80. The molecule has 0 N–H and O–H groups in total. The van der Waals surface area contributed by atoms with Gasteiger partial charge in [-0.2, -0.15) is 0 Å². The standard InChI is InChI=1S/C3HBrINS/c4-2-1-6-3(5)7-2/h1H. The molecule has 0 bridgehead atoms. The van der Waals surface area contributed by atoms with Gasteiger partial charge >= 0.3 is 0 Å². The van der Waals surface area contributed by atoms with E-state index >= 15 is 0 Å². The van der Waals surface area contributed by atoms with Gasteiger partial charge in [-0.3, -0.25) is 0 Å². The summed E-state index contributed by atoms with van der Waals surface area (Å²) in [6, 6.07) is 0. The number of hydrogen-bond acceptors (Lipinski definition) is 2. The minimum absolute atomic E-state index is 1.07. The zero-order chi connectivity index (χ0) is 5.28. The van der Waals surface area contributed by atoms with Gasteiger partial charge in [0.2, 0.25) is 0 Å². The number of hydrogen-bond donors (Lipinski definition) is 0. The van der Waals surface area contributed by atoms with Gasteiger partial charge < -0.3 is 0 Å². The second-order valence-electron chi connectivity index (χ2n) is 0.917. The summed E-state index contributed by atoms with van der Waals surface area (Å²) in [6.45, 7) is 0. The average molecular weight is 290 g/mol. The van der Waals surface area contributed by atoms with Gasteiger partial charge in [0.15, 0.2) is 3.01 Å². The largest absolute Gasteiger partial charge is 0.237 e. The predicted molar refractivity (Wildman–Crippen MR) is 42.5 cm³/mol. The van der Waals surface area contributed by atoms with Crippen LogP contribution in [0.15, 0.2) is 9.98 Å². The van der Waals surface area contributed by atoms with E-state index in [9.17, 15) is 0 Å². The molecule has 7 heavy (non-hydrogen) atoms. The minimum Gasteiger partial charge on any atom is -0.237 e. The Labute approximate surface area is 67.4 Å². The third-order valence-corrected chi connectivity index (χ3v) is 2.65. The maximum absolute atomic E-state index is 3.97. The lowest BCUT2D eigenvalue weighted by molar-refractivity contribution is 1.37. The SMILES string of the molecule is Brc1cnc(I)s1. The molecule has 4 heteroatoms. The molecule has 1 aromatic rings. The highest BCUT2D eigenvalue weighted by atomic mass is 127. The molecule has 0 aliphatic rings. The lowest BCUT2D eigenvalue weighted by atomic mass is 11.0. The van der Waals surface area contributed by atoms with Crippen molar-refractivity contribution in [3.05, 3.63) is 13.0 Å². The van der Waals surface area contributed by atoms with Crippen molar-refractivity contribution in [2.24, 2.45) is 0 Å². The van der Waals surface area contributed by atoms with Gasteiger partial charge in [0, 0.05) is 0 Å². The van der Waals surface area contributed by atoms with Crippen molar-refractivity contribution in [1.29, 1.82) is 0 Å². The first-order valence-electron chi connectivity index (χ1n) is 1.56. The Kier molecular flexibility index (Phi) is 2.05. The van der Waals surface area contributed by atoms with E-state index < -0.39 is 0 Å². The molecule has 0 saturated carbocycles. The smallest absolute Gasteiger partial charge is 0.154 e. The molecule has 0 unspecified atom stereocenters.